The molecular formula is C30H35N5O6. The fourth-order valence-corrected chi connectivity index (χ4v) is 5.17. The van der Waals surface area contributed by atoms with Crippen LogP contribution in [0.4, 0.5) is 4.79 Å². The molecule has 0 bridgehead atoms. The van der Waals surface area contributed by atoms with Gasteiger partial charge in [0, 0.05) is 51.5 Å². The van der Waals surface area contributed by atoms with Gasteiger partial charge in [-0.3, -0.25) is 14.4 Å². The maximum Gasteiger partial charge on any atom is 0.410 e. The lowest BCUT2D eigenvalue weighted by Gasteiger charge is -2.35. The summed E-state index contributed by atoms with van der Waals surface area (Å²) in [5.74, 6) is 0.259. The van der Waals surface area contributed by atoms with Crippen LogP contribution in [-0.4, -0.2) is 94.8 Å². The van der Waals surface area contributed by atoms with Gasteiger partial charge in [0.25, 0.3) is 11.5 Å². The highest BCUT2D eigenvalue weighted by molar-refractivity contribution is 5.98. The van der Waals surface area contributed by atoms with Gasteiger partial charge in [-0.2, -0.15) is 5.10 Å². The zero-order valence-corrected chi connectivity index (χ0v) is 23.9. The number of nitrogens with one attached hydrogen (secondary N) is 1. The molecule has 3 aromatic rings. The molecule has 2 aliphatic rings. The molecular weight excluding hydrogens is 526 g/mol. The number of likely N-dealkylation sites (N-methyl/N-ethyl adjacent to an activating group) is 1. The standard InChI is InChI=1S/C30H35N5O6/c1-30(2,3)41-29(39)33(4)18-25(36)34-10-12-35(13-11-34)28(38)23-16-19(15-20-9-14-40-26(20)23)17-24-21-7-5-6-8-22(21)27(37)32-31-24/h5-8,15-16H,9-14,17-18H2,1-4H3,(H,32,37). The average Bonchev–Trinajstić information content (AvgIpc) is 3.42. The van der Waals surface area contributed by atoms with Crippen molar-refractivity contribution < 1.29 is 23.9 Å². The second-order valence-electron chi connectivity index (χ2n) is 11.5. The Morgan fingerprint density at radius 1 is 1.05 bits per heavy atom. The van der Waals surface area contributed by atoms with E-state index in [1.807, 2.05) is 30.3 Å². The number of aromatic nitrogens is 2. The Hall–Kier alpha value is -4.41. The van der Waals surface area contributed by atoms with Gasteiger partial charge < -0.3 is 24.2 Å². The summed E-state index contributed by atoms with van der Waals surface area (Å²) < 4.78 is 11.2. The molecule has 0 aliphatic carbocycles. The van der Waals surface area contributed by atoms with Crippen LogP contribution in [0, 0.1) is 0 Å². The van der Waals surface area contributed by atoms with Gasteiger partial charge in [-0.1, -0.05) is 24.3 Å². The molecule has 11 nitrogen and oxygen atoms in total. The van der Waals surface area contributed by atoms with Crippen LogP contribution >= 0.6 is 0 Å². The summed E-state index contributed by atoms with van der Waals surface area (Å²) >= 11 is 0. The summed E-state index contributed by atoms with van der Waals surface area (Å²) in [6.07, 6.45) is 0.591. The van der Waals surface area contributed by atoms with Gasteiger partial charge in [-0.25, -0.2) is 9.89 Å². The van der Waals surface area contributed by atoms with Crippen LogP contribution in [0.15, 0.2) is 41.2 Å². The van der Waals surface area contributed by atoms with E-state index in [4.69, 9.17) is 9.47 Å². The number of hydrogen-bond donors (Lipinski definition) is 1. The SMILES string of the molecule is CN(CC(=O)N1CCN(C(=O)c2cc(Cc3n[nH]c(=O)c4ccccc34)cc3c2OCC3)CC1)C(=O)OC(C)(C)C. The molecule has 1 N–H and O–H groups in total. The van der Waals surface area contributed by atoms with Gasteiger partial charge in [0.15, 0.2) is 0 Å². The molecule has 0 radical (unpaired) electrons. The van der Waals surface area contributed by atoms with Crippen molar-refractivity contribution in [1.82, 2.24) is 24.9 Å². The first-order valence-electron chi connectivity index (χ1n) is 13.8. The normalized spacial score (nSPS) is 14.9. The largest absolute Gasteiger partial charge is 0.492 e. The van der Waals surface area contributed by atoms with Crippen molar-refractivity contribution in [2.24, 2.45) is 0 Å². The Balaban J connectivity index is 1.28. The lowest BCUT2D eigenvalue weighted by Crippen LogP contribution is -2.53. The number of H-pyrrole nitrogens is 1. The van der Waals surface area contributed by atoms with Crippen molar-refractivity contribution in [1.29, 1.82) is 0 Å². The lowest BCUT2D eigenvalue weighted by molar-refractivity contribution is -0.133. The van der Waals surface area contributed by atoms with Gasteiger partial charge in [0.05, 0.1) is 23.3 Å². The van der Waals surface area contributed by atoms with Crippen molar-refractivity contribution in [2.45, 2.75) is 39.2 Å². The van der Waals surface area contributed by atoms with Crippen LogP contribution < -0.4 is 10.3 Å². The molecule has 3 heterocycles. The Labute approximate surface area is 238 Å². The number of aromatic amines is 1. The number of fused-ring (bicyclic) bond motifs is 2. The van der Waals surface area contributed by atoms with E-state index in [1.54, 1.807) is 36.6 Å². The highest BCUT2D eigenvalue weighted by atomic mass is 16.6. The maximum atomic E-state index is 13.7. The quantitative estimate of drug-likeness (QED) is 0.508. The number of hydrogen-bond acceptors (Lipinski definition) is 7. The Kier molecular flexibility index (Phi) is 7.70. The molecule has 1 aromatic heterocycles. The van der Waals surface area contributed by atoms with Crippen molar-refractivity contribution >= 4 is 28.7 Å². The summed E-state index contributed by atoms with van der Waals surface area (Å²) in [6, 6.07) is 11.2. The fraction of sp³-hybridized carbons (Fsp3) is 0.433. The van der Waals surface area contributed by atoms with Crippen molar-refractivity contribution in [3.05, 3.63) is 69.1 Å². The minimum Gasteiger partial charge on any atom is -0.492 e. The zero-order chi connectivity index (χ0) is 29.3. The number of amides is 3. The van der Waals surface area contributed by atoms with E-state index < -0.39 is 11.7 Å². The number of ether oxygens (including phenoxy) is 2. The molecule has 0 spiro atoms. The second-order valence-corrected chi connectivity index (χ2v) is 11.5. The van der Waals surface area contributed by atoms with Crippen LogP contribution in [0.3, 0.4) is 0 Å². The second kappa shape index (κ2) is 11.2. The van der Waals surface area contributed by atoms with Crippen LogP contribution in [0.2, 0.25) is 0 Å². The number of benzene rings is 2. The van der Waals surface area contributed by atoms with Crippen molar-refractivity contribution in [2.75, 3.05) is 46.4 Å². The van der Waals surface area contributed by atoms with Crippen molar-refractivity contribution in [3.8, 4) is 5.75 Å². The highest BCUT2D eigenvalue weighted by Crippen LogP contribution is 2.33. The van der Waals surface area contributed by atoms with Gasteiger partial charge in [-0.05, 0) is 44.0 Å². The number of piperazine rings is 1. The van der Waals surface area contributed by atoms with Crippen LogP contribution in [0.1, 0.15) is 48.0 Å². The smallest absolute Gasteiger partial charge is 0.410 e. The zero-order valence-electron chi connectivity index (χ0n) is 23.9. The van der Waals surface area contributed by atoms with Gasteiger partial charge in [-0.15, -0.1) is 0 Å². The van der Waals surface area contributed by atoms with E-state index in [1.165, 1.54) is 11.9 Å². The summed E-state index contributed by atoms with van der Waals surface area (Å²) in [5.41, 5.74) is 2.21. The number of carbonyl (C=O) groups is 3. The molecule has 0 unspecified atom stereocenters. The van der Waals surface area contributed by atoms with E-state index in [-0.39, 0.29) is 23.9 Å². The molecule has 11 heteroatoms. The fourth-order valence-electron chi connectivity index (χ4n) is 5.17. The van der Waals surface area contributed by atoms with Crippen LogP contribution in [-0.2, 0) is 22.4 Å². The minimum atomic E-state index is -0.647. The van der Waals surface area contributed by atoms with E-state index in [2.05, 4.69) is 10.2 Å². The third-order valence-electron chi connectivity index (χ3n) is 7.22. The molecule has 1 saturated heterocycles. The van der Waals surface area contributed by atoms with Crippen LogP contribution in [0.5, 0.6) is 5.75 Å². The van der Waals surface area contributed by atoms with Gasteiger partial charge in [0.1, 0.15) is 17.9 Å². The summed E-state index contributed by atoms with van der Waals surface area (Å²) in [4.78, 5) is 55.7. The third-order valence-corrected chi connectivity index (χ3v) is 7.22. The van der Waals surface area contributed by atoms with E-state index in [0.717, 1.165) is 22.2 Å². The van der Waals surface area contributed by atoms with Crippen molar-refractivity contribution in [3.63, 3.8) is 0 Å². The molecule has 0 atom stereocenters. The predicted octanol–water partition coefficient (Wildman–Crippen LogP) is 2.60. The first-order chi connectivity index (χ1) is 19.5. The highest BCUT2D eigenvalue weighted by Gasteiger charge is 2.30. The van der Waals surface area contributed by atoms with E-state index in [9.17, 15) is 19.2 Å². The maximum absolute atomic E-state index is 13.7. The monoisotopic (exact) mass is 561 g/mol. The summed E-state index contributed by atoms with van der Waals surface area (Å²) in [7, 11) is 1.53. The third kappa shape index (κ3) is 6.18. The Morgan fingerprint density at radius 2 is 1.73 bits per heavy atom. The average molecular weight is 562 g/mol. The first kappa shape index (κ1) is 28.1. The molecule has 1 fully saturated rings. The Morgan fingerprint density at radius 3 is 2.44 bits per heavy atom. The Bertz CT molecular complexity index is 1550. The van der Waals surface area contributed by atoms with Gasteiger partial charge >= 0.3 is 6.09 Å². The first-order valence-corrected chi connectivity index (χ1v) is 13.8. The van der Waals surface area contributed by atoms with Gasteiger partial charge in [0.2, 0.25) is 5.91 Å². The number of carbonyl (C=O) groups excluding carboxylic acids is 3. The molecule has 0 saturated carbocycles. The lowest BCUT2D eigenvalue weighted by atomic mass is 9.98. The van der Waals surface area contributed by atoms with E-state index in [0.29, 0.717) is 62.3 Å². The molecule has 5 rings (SSSR count). The van der Waals surface area contributed by atoms with Crippen LogP contribution in [0.25, 0.3) is 10.8 Å². The molecule has 2 aliphatic heterocycles. The molecule has 216 valence electrons. The molecule has 3 amide bonds. The summed E-state index contributed by atoms with van der Waals surface area (Å²) in [5, 5.41) is 8.23. The van der Waals surface area contributed by atoms with E-state index >= 15 is 0 Å². The minimum absolute atomic E-state index is 0.0975. The topological polar surface area (TPSA) is 125 Å². The predicted molar refractivity (Wildman–Crippen MR) is 152 cm³/mol. The number of nitrogens with zero attached hydrogens (tertiary/aromatic N) is 4. The molecule has 41 heavy (non-hydrogen) atoms. The summed E-state index contributed by atoms with van der Waals surface area (Å²) in [6.45, 7) is 7.19. The number of rotatable bonds is 5. The molecule has 2 aromatic carbocycles.